The zero-order valence-electron chi connectivity index (χ0n) is 16.9. The van der Waals surface area contributed by atoms with Crippen LogP contribution in [-0.2, 0) is 38.0 Å². The predicted molar refractivity (Wildman–Crippen MR) is 100 cm³/mol. The maximum atomic E-state index is 11.0. The van der Waals surface area contributed by atoms with Crippen LogP contribution in [0.3, 0.4) is 0 Å². The summed E-state index contributed by atoms with van der Waals surface area (Å²) in [7, 11) is 1.64. The summed E-state index contributed by atoms with van der Waals surface area (Å²) in [5, 5.41) is 2.74. The van der Waals surface area contributed by atoms with E-state index in [1.54, 1.807) is 7.11 Å². The lowest BCUT2D eigenvalue weighted by molar-refractivity contribution is -0.121. The summed E-state index contributed by atoms with van der Waals surface area (Å²) in [6.45, 7) is 9.32. The Labute approximate surface area is 162 Å². The van der Waals surface area contributed by atoms with E-state index in [-0.39, 0.29) is 5.91 Å². The van der Waals surface area contributed by atoms with Crippen molar-refractivity contribution in [2.24, 2.45) is 0 Å². The van der Waals surface area contributed by atoms with Gasteiger partial charge in [0, 0.05) is 20.1 Å². The molecule has 0 radical (unpaired) electrons. The fraction of sp³-hybridized carbons (Fsp3) is 0.944. The third-order valence-corrected chi connectivity index (χ3v) is 3.18. The van der Waals surface area contributed by atoms with Gasteiger partial charge in [-0.3, -0.25) is 4.79 Å². The minimum absolute atomic E-state index is 0.0341. The molecule has 0 heterocycles. The number of hydrogen-bond donors (Lipinski definition) is 1. The number of nitrogens with one attached hydrogen (secondary N) is 1. The van der Waals surface area contributed by atoms with Crippen LogP contribution in [0.1, 0.15) is 13.3 Å². The molecule has 0 rings (SSSR count). The van der Waals surface area contributed by atoms with E-state index >= 15 is 0 Å². The van der Waals surface area contributed by atoms with Crippen LogP contribution in [0.15, 0.2) is 0 Å². The first-order chi connectivity index (χ1) is 13.3. The van der Waals surface area contributed by atoms with Crippen molar-refractivity contribution in [2.75, 3.05) is 99.5 Å². The Morgan fingerprint density at radius 3 is 1.26 bits per heavy atom. The summed E-state index contributed by atoms with van der Waals surface area (Å²) < 4.78 is 37.0. The standard InChI is InChI=1S/C18H37NO8/c1-3-18(20)19-4-5-22-8-9-24-12-13-26-16-17-27-15-14-25-11-10-23-7-6-21-2/h3-17H2,1-2H3,(H,19,20). The van der Waals surface area contributed by atoms with Crippen molar-refractivity contribution >= 4 is 5.91 Å². The van der Waals surface area contributed by atoms with Crippen molar-refractivity contribution in [3.63, 3.8) is 0 Å². The first-order valence-corrected chi connectivity index (χ1v) is 9.53. The van der Waals surface area contributed by atoms with Gasteiger partial charge in [0.15, 0.2) is 0 Å². The molecule has 0 aliphatic heterocycles. The Morgan fingerprint density at radius 1 is 0.593 bits per heavy atom. The van der Waals surface area contributed by atoms with Gasteiger partial charge in [0.25, 0.3) is 0 Å². The summed E-state index contributed by atoms with van der Waals surface area (Å²) in [6.07, 6.45) is 0.493. The molecule has 162 valence electrons. The van der Waals surface area contributed by atoms with E-state index in [9.17, 15) is 4.79 Å². The summed E-state index contributed by atoms with van der Waals surface area (Å²) in [5.41, 5.74) is 0. The Bertz CT molecular complexity index is 307. The zero-order valence-corrected chi connectivity index (χ0v) is 16.9. The number of ether oxygens (including phenoxy) is 7. The molecule has 0 unspecified atom stereocenters. The summed E-state index contributed by atoms with van der Waals surface area (Å²) in [6, 6.07) is 0. The molecule has 0 aromatic rings. The van der Waals surface area contributed by atoms with Crippen molar-refractivity contribution in [3.05, 3.63) is 0 Å². The van der Waals surface area contributed by atoms with Gasteiger partial charge in [-0.1, -0.05) is 6.92 Å². The molecule has 0 saturated heterocycles. The molecule has 1 amide bonds. The van der Waals surface area contributed by atoms with Gasteiger partial charge >= 0.3 is 0 Å². The minimum Gasteiger partial charge on any atom is -0.382 e. The third kappa shape index (κ3) is 23.2. The van der Waals surface area contributed by atoms with Crippen molar-refractivity contribution in [2.45, 2.75) is 13.3 Å². The maximum Gasteiger partial charge on any atom is 0.219 e. The monoisotopic (exact) mass is 395 g/mol. The molecule has 1 N–H and O–H groups in total. The van der Waals surface area contributed by atoms with Crippen LogP contribution in [0.2, 0.25) is 0 Å². The molecular weight excluding hydrogens is 358 g/mol. The highest BCUT2D eigenvalue weighted by molar-refractivity contribution is 5.75. The first kappa shape index (κ1) is 26.2. The molecule has 0 aliphatic carbocycles. The molecule has 27 heavy (non-hydrogen) atoms. The van der Waals surface area contributed by atoms with Gasteiger partial charge in [0.1, 0.15) is 0 Å². The average molecular weight is 395 g/mol. The van der Waals surface area contributed by atoms with Gasteiger partial charge < -0.3 is 38.5 Å². The number of rotatable bonds is 22. The molecule has 0 spiro atoms. The van der Waals surface area contributed by atoms with Gasteiger partial charge in [-0.05, 0) is 0 Å². The molecule has 0 atom stereocenters. The number of carbonyl (C=O) groups is 1. The molecule has 9 heteroatoms. The van der Waals surface area contributed by atoms with Crippen molar-refractivity contribution in [1.29, 1.82) is 0 Å². The van der Waals surface area contributed by atoms with Crippen LogP contribution >= 0.6 is 0 Å². The summed E-state index contributed by atoms with van der Waals surface area (Å²) in [4.78, 5) is 11.0. The van der Waals surface area contributed by atoms with Crippen LogP contribution in [0.4, 0.5) is 0 Å². The van der Waals surface area contributed by atoms with E-state index in [2.05, 4.69) is 5.32 Å². The van der Waals surface area contributed by atoms with Crippen LogP contribution in [0, 0.1) is 0 Å². The number of amides is 1. The number of hydrogen-bond acceptors (Lipinski definition) is 8. The Hall–Kier alpha value is -0.810. The Morgan fingerprint density at radius 2 is 0.926 bits per heavy atom. The molecule has 0 aromatic heterocycles. The highest BCUT2D eigenvalue weighted by Crippen LogP contribution is 1.85. The van der Waals surface area contributed by atoms with Crippen LogP contribution in [0.5, 0.6) is 0 Å². The second kappa shape index (κ2) is 23.2. The third-order valence-electron chi connectivity index (χ3n) is 3.18. The fourth-order valence-corrected chi connectivity index (χ4v) is 1.73. The predicted octanol–water partition coefficient (Wildman–Crippen LogP) is 0.259. The summed E-state index contributed by atoms with van der Waals surface area (Å²) >= 11 is 0. The quantitative estimate of drug-likeness (QED) is 0.261. The van der Waals surface area contributed by atoms with E-state index in [4.69, 9.17) is 33.2 Å². The highest BCUT2D eigenvalue weighted by atomic mass is 16.6. The maximum absolute atomic E-state index is 11.0. The van der Waals surface area contributed by atoms with E-state index in [0.717, 1.165) is 0 Å². The van der Waals surface area contributed by atoms with Crippen molar-refractivity contribution < 1.29 is 38.0 Å². The van der Waals surface area contributed by atoms with Gasteiger partial charge in [0.2, 0.25) is 5.91 Å². The van der Waals surface area contributed by atoms with Crippen LogP contribution < -0.4 is 5.32 Å². The molecule has 9 nitrogen and oxygen atoms in total. The Kier molecular flexibility index (Phi) is 22.5. The lowest BCUT2D eigenvalue weighted by Crippen LogP contribution is -2.26. The van der Waals surface area contributed by atoms with Gasteiger partial charge in [-0.15, -0.1) is 0 Å². The van der Waals surface area contributed by atoms with E-state index in [1.807, 2.05) is 6.92 Å². The van der Waals surface area contributed by atoms with Gasteiger partial charge in [0.05, 0.1) is 85.9 Å². The van der Waals surface area contributed by atoms with Crippen molar-refractivity contribution in [3.8, 4) is 0 Å². The number of carbonyl (C=O) groups excluding carboxylic acids is 1. The molecule has 0 saturated carbocycles. The van der Waals surface area contributed by atoms with E-state index < -0.39 is 0 Å². The minimum atomic E-state index is 0.0341. The molecule has 0 aromatic carbocycles. The lowest BCUT2D eigenvalue weighted by Gasteiger charge is -2.08. The molecule has 0 aliphatic rings. The second-order valence-electron chi connectivity index (χ2n) is 5.37. The van der Waals surface area contributed by atoms with E-state index in [0.29, 0.717) is 98.9 Å². The molecule has 0 fully saturated rings. The second-order valence-corrected chi connectivity index (χ2v) is 5.37. The van der Waals surface area contributed by atoms with Crippen molar-refractivity contribution in [1.82, 2.24) is 5.32 Å². The summed E-state index contributed by atoms with van der Waals surface area (Å²) in [5.74, 6) is 0.0341. The Balaban J connectivity index is 3.00. The van der Waals surface area contributed by atoms with Crippen LogP contribution in [-0.4, -0.2) is 105 Å². The normalized spacial score (nSPS) is 11.0. The first-order valence-electron chi connectivity index (χ1n) is 9.53. The largest absolute Gasteiger partial charge is 0.382 e. The van der Waals surface area contributed by atoms with E-state index in [1.165, 1.54) is 0 Å². The number of methoxy groups -OCH3 is 1. The highest BCUT2D eigenvalue weighted by Gasteiger charge is 1.96. The topological polar surface area (TPSA) is 93.7 Å². The average Bonchev–Trinajstić information content (AvgIpc) is 2.68. The fourth-order valence-electron chi connectivity index (χ4n) is 1.73. The van der Waals surface area contributed by atoms with Gasteiger partial charge in [-0.25, -0.2) is 0 Å². The smallest absolute Gasteiger partial charge is 0.219 e. The molecule has 0 bridgehead atoms. The zero-order chi connectivity index (χ0) is 19.8. The lowest BCUT2D eigenvalue weighted by atomic mass is 10.4. The molecular formula is C18H37NO8. The SMILES string of the molecule is CCC(=O)NCCOCCOCCOCCOCCOCCOCCOC. The van der Waals surface area contributed by atoms with Gasteiger partial charge in [-0.2, -0.15) is 0 Å². The van der Waals surface area contributed by atoms with Crippen LogP contribution in [0.25, 0.3) is 0 Å².